The first-order valence-electron chi connectivity index (χ1n) is 6.45. The molecule has 0 radical (unpaired) electrons. The van der Waals surface area contributed by atoms with Gasteiger partial charge in [-0.15, -0.1) is 10.2 Å². The molecule has 0 bridgehead atoms. The molecule has 1 atom stereocenters. The monoisotopic (exact) mass is 260 g/mol. The summed E-state index contributed by atoms with van der Waals surface area (Å²) in [6, 6.07) is 7.98. The van der Waals surface area contributed by atoms with E-state index in [0.29, 0.717) is 6.61 Å². The maximum Gasteiger partial charge on any atom is 0.170 e. The lowest BCUT2D eigenvalue weighted by Gasteiger charge is -2.10. The Bertz CT molecular complexity index is 533. The maximum atomic E-state index is 5.97. The molecule has 2 rings (SSSR count). The van der Waals surface area contributed by atoms with Crippen molar-refractivity contribution in [3.05, 3.63) is 41.5 Å². The SMILES string of the molecule is CCC(N)c1ccc(OCc2nnc(C)n2C)cc1. The Labute approximate surface area is 113 Å². The Morgan fingerprint density at radius 2 is 1.95 bits per heavy atom. The molecule has 2 aromatic rings. The van der Waals surface area contributed by atoms with Crippen LogP contribution < -0.4 is 10.5 Å². The van der Waals surface area contributed by atoms with Gasteiger partial charge in [0.2, 0.25) is 0 Å². The van der Waals surface area contributed by atoms with Gasteiger partial charge in [0.1, 0.15) is 18.2 Å². The first kappa shape index (κ1) is 13.5. The third-order valence-corrected chi connectivity index (χ3v) is 3.30. The van der Waals surface area contributed by atoms with Gasteiger partial charge in [-0.2, -0.15) is 0 Å². The van der Waals surface area contributed by atoms with Crippen LogP contribution >= 0.6 is 0 Å². The molecule has 1 aromatic heterocycles. The molecule has 5 nitrogen and oxygen atoms in total. The van der Waals surface area contributed by atoms with Crippen molar-refractivity contribution in [2.75, 3.05) is 0 Å². The fraction of sp³-hybridized carbons (Fsp3) is 0.429. The van der Waals surface area contributed by atoms with E-state index in [9.17, 15) is 0 Å². The van der Waals surface area contributed by atoms with Crippen LogP contribution in [-0.4, -0.2) is 14.8 Å². The van der Waals surface area contributed by atoms with Crippen LogP contribution in [0.3, 0.4) is 0 Å². The van der Waals surface area contributed by atoms with Crippen LogP contribution in [0.5, 0.6) is 5.75 Å². The number of rotatable bonds is 5. The Kier molecular flexibility index (Phi) is 4.16. The summed E-state index contributed by atoms with van der Waals surface area (Å²) in [4.78, 5) is 0. The van der Waals surface area contributed by atoms with Gasteiger partial charge < -0.3 is 15.0 Å². The number of hydrogen-bond acceptors (Lipinski definition) is 4. The highest BCUT2D eigenvalue weighted by Gasteiger charge is 2.06. The van der Waals surface area contributed by atoms with Crippen molar-refractivity contribution in [1.29, 1.82) is 0 Å². The second-order valence-electron chi connectivity index (χ2n) is 4.59. The predicted octanol–water partition coefficient (Wildman–Crippen LogP) is 2.11. The summed E-state index contributed by atoms with van der Waals surface area (Å²) in [6.45, 7) is 4.40. The molecule has 102 valence electrons. The molecule has 1 aromatic carbocycles. The van der Waals surface area contributed by atoms with Gasteiger partial charge in [-0.05, 0) is 31.0 Å². The normalized spacial score (nSPS) is 12.4. The number of nitrogens with zero attached hydrogens (tertiary/aromatic N) is 3. The average molecular weight is 260 g/mol. The third-order valence-electron chi connectivity index (χ3n) is 3.30. The fourth-order valence-electron chi connectivity index (χ4n) is 1.77. The second-order valence-corrected chi connectivity index (χ2v) is 4.59. The van der Waals surface area contributed by atoms with Crippen molar-refractivity contribution in [2.45, 2.75) is 32.9 Å². The zero-order chi connectivity index (χ0) is 13.8. The van der Waals surface area contributed by atoms with Crippen LogP contribution in [0.15, 0.2) is 24.3 Å². The lowest BCUT2D eigenvalue weighted by atomic mass is 10.1. The van der Waals surface area contributed by atoms with E-state index in [1.54, 1.807) is 0 Å². The van der Waals surface area contributed by atoms with E-state index < -0.39 is 0 Å². The van der Waals surface area contributed by atoms with E-state index in [1.807, 2.05) is 42.8 Å². The van der Waals surface area contributed by atoms with Crippen molar-refractivity contribution in [1.82, 2.24) is 14.8 Å². The summed E-state index contributed by atoms with van der Waals surface area (Å²) < 4.78 is 7.61. The summed E-state index contributed by atoms with van der Waals surface area (Å²) in [5.74, 6) is 2.50. The summed E-state index contributed by atoms with van der Waals surface area (Å²) in [5, 5.41) is 8.05. The third kappa shape index (κ3) is 3.12. The van der Waals surface area contributed by atoms with E-state index in [2.05, 4.69) is 17.1 Å². The molecule has 0 saturated carbocycles. The Balaban J connectivity index is 1.98. The lowest BCUT2D eigenvalue weighted by Crippen LogP contribution is -2.08. The molecule has 0 saturated heterocycles. The van der Waals surface area contributed by atoms with Gasteiger partial charge in [0.05, 0.1) is 0 Å². The largest absolute Gasteiger partial charge is 0.486 e. The quantitative estimate of drug-likeness (QED) is 0.894. The minimum absolute atomic E-state index is 0.0930. The summed E-state index contributed by atoms with van der Waals surface area (Å²) in [6.07, 6.45) is 0.929. The van der Waals surface area contributed by atoms with Gasteiger partial charge >= 0.3 is 0 Å². The molecule has 0 spiro atoms. The minimum atomic E-state index is 0.0930. The zero-order valence-corrected chi connectivity index (χ0v) is 11.6. The molecule has 2 N–H and O–H groups in total. The average Bonchev–Trinajstić information content (AvgIpc) is 2.76. The molecule has 0 amide bonds. The highest BCUT2D eigenvalue weighted by atomic mass is 16.5. The Morgan fingerprint density at radius 1 is 1.26 bits per heavy atom. The fourth-order valence-corrected chi connectivity index (χ4v) is 1.77. The highest BCUT2D eigenvalue weighted by molar-refractivity contribution is 5.29. The topological polar surface area (TPSA) is 66.0 Å². The molecular formula is C14H20N4O. The summed E-state index contributed by atoms with van der Waals surface area (Å²) >= 11 is 0. The maximum absolute atomic E-state index is 5.97. The van der Waals surface area contributed by atoms with Gasteiger partial charge in [0.25, 0.3) is 0 Å². The number of aromatic nitrogens is 3. The van der Waals surface area contributed by atoms with Crippen LogP contribution in [-0.2, 0) is 13.7 Å². The molecule has 19 heavy (non-hydrogen) atoms. The molecule has 0 aliphatic carbocycles. The molecule has 1 heterocycles. The molecular weight excluding hydrogens is 240 g/mol. The zero-order valence-electron chi connectivity index (χ0n) is 11.6. The van der Waals surface area contributed by atoms with Crippen LogP contribution in [0.1, 0.15) is 36.6 Å². The summed E-state index contributed by atoms with van der Waals surface area (Å²) in [7, 11) is 1.93. The Morgan fingerprint density at radius 3 is 2.47 bits per heavy atom. The highest BCUT2D eigenvalue weighted by Crippen LogP contribution is 2.18. The van der Waals surface area contributed by atoms with Gasteiger partial charge in [0, 0.05) is 13.1 Å². The predicted molar refractivity (Wildman–Crippen MR) is 73.7 cm³/mol. The number of benzene rings is 1. The molecule has 0 fully saturated rings. The first-order chi connectivity index (χ1) is 9.11. The molecule has 0 aliphatic heterocycles. The van der Waals surface area contributed by atoms with Crippen molar-refractivity contribution in [3.63, 3.8) is 0 Å². The molecule has 5 heteroatoms. The van der Waals surface area contributed by atoms with Gasteiger partial charge in [-0.3, -0.25) is 0 Å². The van der Waals surface area contributed by atoms with Gasteiger partial charge in [-0.1, -0.05) is 19.1 Å². The van der Waals surface area contributed by atoms with Gasteiger partial charge in [-0.25, -0.2) is 0 Å². The Hall–Kier alpha value is -1.88. The van der Waals surface area contributed by atoms with E-state index in [4.69, 9.17) is 10.5 Å². The number of ether oxygens (including phenoxy) is 1. The minimum Gasteiger partial charge on any atom is -0.486 e. The van der Waals surface area contributed by atoms with E-state index in [1.165, 1.54) is 0 Å². The van der Waals surface area contributed by atoms with Crippen molar-refractivity contribution in [2.24, 2.45) is 12.8 Å². The lowest BCUT2D eigenvalue weighted by molar-refractivity contribution is 0.291. The van der Waals surface area contributed by atoms with Crippen molar-refractivity contribution < 1.29 is 4.74 Å². The van der Waals surface area contributed by atoms with Crippen LogP contribution in [0, 0.1) is 6.92 Å². The van der Waals surface area contributed by atoms with Crippen LogP contribution in [0.25, 0.3) is 0 Å². The number of nitrogens with two attached hydrogens (primary N) is 1. The van der Waals surface area contributed by atoms with E-state index >= 15 is 0 Å². The van der Waals surface area contributed by atoms with Crippen LogP contribution in [0.4, 0.5) is 0 Å². The number of hydrogen-bond donors (Lipinski definition) is 1. The molecule has 0 aliphatic rings. The number of aryl methyl sites for hydroxylation is 1. The van der Waals surface area contributed by atoms with Crippen molar-refractivity contribution >= 4 is 0 Å². The standard InChI is InChI=1S/C14H20N4O/c1-4-13(15)11-5-7-12(8-6-11)19-9-14-17-16-10(2)18(14)3/h5-8,13H,4,9,15H2,1-3H3. The smallest absolute Gasteiger partial charge is 0.170 e. The van der Waals surface area contributed by atoms with Crippen LogP contribution in [0.2, 0.25) is 0 Å². The van der Waals surface area contributed by atoms with Crippen molar-refractivity contribution in [3.8, 4) is 5.75 Å². The van der Waals surface area contributed by atoms with Gasteiger partial charge in [0.15, 0.2) is 5.82 Å². The van der Waals surface area contributed by atoms with E-state index in [0.717, 1.165) is 29.4 Å². The first-order valence-corrected chi connectivity index (χ1v) is 6.45. The van der Waals surface area contributed by atoms with E-state index in [-0.39, 0.29) is 6.04 Å². The summed E-state index contributed by atoms with van der Waals surface area (Å²) in [5.41, 5.74) is 7.10. The second kappa shape index (κ2) is 5.84. The molecule has 1 unspecified atom stereocenters.